The molecule has 0 aliphatic rings. The maximum Gasteiger partial charge on any atom is 0.164 e. The second-order valence-corrected chi connectivity index (χ2v) is 12.1. The maximum atomic E-state index is 6.45. The molecule has 0 spiro atoms. The molecule has 2 aromatic heterocycles. The molecule has 4 heteroatoms. The number of hydrogen-bond acceptors (Lipinski definition) is 4. The van der Waals surface area contributed by atoms with Gasteiger partial charge in [0.15, 0.2) is 17.5 Å². The van der Waals surface area contributed by atoms with Crippen LogP contribution in [0.5, 0.6) is 0 Å². The molecule has 0 bridgehead atoms. The van der Waals surface area contributed by atoms with Gasteiger partial charge in [-0.25, -0.2) is 15.0 Å². The Hall–Kier alpha value is -6.65. The van der Waals surface area contributed by atoms with E-state index in [0.717, 1.165) is 72.0 Å². The van der Waals surface area contributed by atoms with Crippen molar-refractivity contribution < 1.29 is 4.42 Å². The average Bonchev–Trinajstić information content (AvgIpc) is 3.57. The van der Waals surface area contributed by atoms with Crippen LogP contribution in [0.25, 0.3) is 89.5 Å². The normalized spacial score (nSPS) is 11.3. The molecule has 2 heterocycles. The molecule has 7 aromatic carbocycles. The average molecular weight is 628 g/mol. The quantitative estimate of drug-likeness (QED) is 0.184. The largest absolute Gasteiger partial charge is 0.456 e. The Bertz CT molecular complexity index is 2460. The molecule has 0 unspecified atom stereocenters. The number of hydrogen-bond donors (Lipinski definition) is 0. The standard InChI is InChI=1S/C45H29N3O/c1-4-12-30(13-5-1)32-20-24-35(25-21-32)43-46-44(36-26-22-33(23-27-36)31-14-6-2-7-15-31)48-45(47-43)37-28-39(34-16-8-3-9-17-34)42-38-18-10-11-19-40(38)49-41(42)29-37/h1-29H. The first-order valence-electron chi connectivity index (χ1n) is 16.4. The summed E-state index contributed by atoms with van der Waals surface area (Å²) in [6, 6.07) is 60.4. The fourth-order valence-electron chi connectivity index (χ4n) is 6.48. The van der Waals surface area contributed by atoms with Crippen molar-refractivity contribution >= 4 is 21.9 Å². The topological polar surface area (TPSA) is 51.8 Å². The molecule has 4 nitrogen and oxygen atoms in total. The summed E-state index contributed by atoms with van der Waals surface area (Å²) >= 11 is 0. The molecule has 0 aliphatic heterocycles. The highest BCUT2D eigenvalue weighted by Gasteiger charge is 2.18. The van der Waals surface area contributed by atoms with E-state index in [4.69, 9.17) is 19.4 Å². The Morgan fingerprint density at radius 3 is 1.24 bits per heavy atom. The molecule has 0 saturated heterocycles. The van der Waals surface area contributed by atoms with E-state index in [1.54, 1.807) is 0 Å². The Morgan fingerprint density at radius 1 is 0.306 bits per heavy atom. The van der Waals surface area contributed by atoms with E-state index in [9.17, 15) is 0 Å². The number of aromatic nitrogens is 3. The van der Waals surface area contributed by atoms with Crippen molar-refractivity contribution in [3.8, 4) is 67.5 Å². The first kappa shape index (κ1) is 28.6. The van der Waals surface area contributed by atoms with Crippen molar-refractivity contribution in [3.63, 3.8) is 0 Å². The Kier molecular flexibility index (Phi) is 7.10. The minimum absolute atomic E-state index is 0.582. The van der Waals surface area contributed by atoms with E-state index in [2.05, 4.69) is 146 Å². The van der Waals surface area contributed by atoms with Gasteiger partial charge in [-0.1, -0.05) is 158 Å². The van der Waals surface area contributed by atoms with Gasteiger partial charge in [-0.2, -0.15) is 0 Å². The third kappa shape index (κ3) is 5.45. The van der Waals surface area contributed by atoms with Crippen LogP contribution in [0.1, 0.15) is 0 Å². The molecule has 0 fully saturated rings. The molecular weight excluding hydrogens is 599 g/mol. The monoisotopic (exact) mass is 627 g/mol. The van der Waals surface area contributed by atoms with Crippen molar-refractivity contribution in [2.75, 3.05) is 0 Å². The minimum Gasteiger partial charge on any atom is -0.456 e. The van der Waals surface area contributed by atoms with Crippen LogP contribution in [0.3, 0.4) is 0 Å². The smallest absolute Gasteiger partial charge is 0.164 e. The van der Waals surface area contributed by atoms with Crippen molar-refractivity contribution in [3.05, 3.63) is 176 Å². The SMILES string of the molecule is c1ccc(-c2ccc(-c3nc(-c4ccc(-c5ccccc5)cc4)nc(-c4cc(-c5ccccc5)c5c(c4)oc4ccccc45)n3)cc2)cc1. The fraction of sp³-hybridized carbons (Fsp3) is 0. The van der Waals surface area contributed by atoms with Crippen LogP contribution in [0.15, 0.2) is 180 Å². The van der Waals surface area contributed by atoms with Crippen molar-refractivity contribution in [2.45, 2.75) is 0 Å². The van der Waals surface area contributed by atoms with Crippen molar-refractivity contribution in [1.29, 1.82) is 0 Å². The molecule has 230 valence electrons. The van der Waals surface area contributed by atoms with E-state index in [-0.39, 0.29) is 0 Å². The van der Waals surface area contributed by atoms with Gasteiger partial charge >= 0.3 is 0 Å². The predicted octanol–water partition coefficient (Wildman–Crippen LogP) is 11.8. The van der Waals surface area contributed by atoms with E-state index < -0.39 is 0 Å². The van der Waals surface area contributed by atoms with Gasteiger partial charge in [0.2, 0.25) is 0 Å². The lowest BCUT2D eigenvalue weighted by Gasteiger charge is -2.11. The van der Waals surface area contributed by atoms with Gasteiger partial charge in [0.1, 0.15) is 11.2 Å². The molecule has 49 heavy (non-hydrogen) atoms. The van der Waals surface area contributed by atoms with Gasteiger partial charge in [0.05, 0.1) is 0 Å². The molecule has 9 aromatic rings. The van der Waals surface area contributed by atoms with Crippen LogP contribution < -0.4 is 0 Å². The summed E-state index contributed by atoms with van der Waals surface area (Å²) in [5, 5.41) is 2.16. The van der Waals surface area contributed by atoms with Crippen LogP contribution in [-0.4, -0.2) is 15.0 Å². The summed E-state index contributed by atoms with van der Waals surface area (Å²) in [6.45, 7) is 0. The van der Waals surface area contributed by atoms with Gasteiger partial charge in [0, 0.05) is 27.5 Å². The number of nitrogens with zero attached hydrogens (tertiary/aromatic N) is 3. The third-order valence-corrected chi connectivity index (χ3v) is 8.96. The van der Waals surface area contributed by atoms with Crippen LogP contribution >= 0.6 is 0 Å². The minimum atomic E-state index is 0.582. The lowest BCUT2D eigenvalue weighted by molar-refractivity contribution is 0.669. The van der Waals surface area contributed by atoms with Crippen LogP contribution in [0.2, 0.25) is 0 Å². The summed E-state index contributed by atoms with van der Waals surface area (Å²) < 4.78 is 6.45. The van der Waals surface area contributed by atoms with Crippen molar-refractivity contribution in [2.24, 2.45) is 0 Å². The summed E-state index contributed by atoms with van der Waals surface area (Å²) in [5.41, 5.74) is 11.1. The second-order valence-electron chi connectivity index (χ2n) is 12.1. The highest BCUT2D eigenvalue weighted by molar-refractivity contribution is 6.13. The number of furan rings is 1. The molecule has 0 amide bonds. The second kappa shape index (κ2) is 12.2. The zero-order chi connectivity index (χ0) is 32.6. The first-order chi connectivity index (χ1) is 24.3. The molecule has 0 saturated carbocycles. The Labute approximate surface area is 284 Å². The highest BCUT2D eigenvalue weighted by atomic mass is 16.3. The van der Waals surface area contributed by atoms with Gasteiger partial charge < -0.3 is 4.42 Å². The number of para-hydroxylation sites is 1. The van der Waals surface area contributed by atoms with E-state index >= 15 is 0 Å². The molecule has 0 aliphatic carbocycles. The third-order valence-electron chi connectivity index (χ3n) is 8.96. The summed E-state index contributed by atoms with van der Waals surface area (Å²) in [6.07, 6.45) is 0. The van der Waals surface area contributed by atoms with Crippen LogP contribution in [0, 0.1) is 0 Å². The molecule has 0 N–H and O–H groups in total. The number of rotatable bonds is 6. The van der Waals surface area contributed by atoms with Crippen LogP contribution in [-0.2, 0) is 0 Å². The Morgan fingerprint density at radius 2 is 0.714 bits per heavy atom. The predicted molar refractivity (Wildman–Crippen MR) is 200 cm³/mol. The lowest BCUT2D eigenvalue weighted by atomic mass is 9.97. The van der Waals surface area contributed by atoms with Gasteiger partial charge in [-0.15, -0.1) is 0 Å². The number of benzene rings is 7. The summed E-state index contributed by atoms with van der Waals surface area (Å²) in [7, 11) is 0. The zero-order valence-electron chi connectivity index (χ0n) is 26.5. The lowest BCUT2D eigenvalue weighted by Crippen LogP contribution is -2.00. The van der Waals surface area contributed by atoms with Crippen LogP contribution in [0.4, 0.5) is 0 Å². The van der Waals surface area contributed by atoms with Gasteiger partial charge in [-0.3, -0.25) is 0 Å². The molecule has 9 rings (SSSR count). The Balaban J connectivity index is 1.22. The molecule has 0 radical (unpaired) electrons. The molecule has 0 atom stereocenters. The summed E-state index contributed by atoms with van der Waals surface area (Å²) in [4.78, 5) is 15.2. The molecular formula is C45H29N3O. The summed E-state index contributed by atoms with van der Waals surface area (Å²) in [5.74, 6) is 1.80. The van der Waals surface area contributed by atoms with Gasteiger partial charge in [-0.05, 0) is 51.6 Å². The fourth-order valence-corrected chi connectivity index (χ4v) is 6.48. The van der Waals surface area contributed by atoms with E-state index in [1.165, 1.54) is 0 Å². The van der Waals surface area contributed by atoms with E-state index in [1.807, 2.05) is 30.3 Å². The van der Waals surface area contributed by atoms with Crippen molar-refractivity contribution in [1.82, 2.24) is 15.0 Å². The van der Waals surface area contributed by atoms with E-state index in [0.29, 0.717) is 17.5 Å². The first-order valence-corrected chi connectivity index (χ1v) is 16.4. The highest BCUT2D eigenvalue weighted by Crippen LogP contribution is 2.40. The number of fused-ring (bicyclic) bond motifs is 3. The zero-order valence-corrected chi connectivity index (χ0v) is 26.5. The van der Waals surface area contributed by atoms with Gasteiger partial charge in [0.25, 0.3) is 0 Å². The maximum absolute atomic E-state index is 6.45.